The zero-order chi connectivity index (χ0) is 44.4. The summed E-state index contributed by atoms with van der Waals surface area (Å²) >= 11 is 0. The van der Waals surface area contributed by atoms with Crippen LogP contribution in [0.4, 0.5) is 0 Å². The molecule has 0 aliphatic carbocycles. The van der Waals surface area contributed by atoms with Crippen molar-refractivity contribution in [3.05, 3.63) is 144 Å². The molecule has 4 aromatic rings. The van der Waals surface area contributed by atoms with E-state index in [-0.39, 0.29) is 68.8 Å². The molecule has 0 aromatic heterocycles. The Kier molecular flexibility index (Phi) is 21.0. The fourth-order valence-corrected chi connectivity index (χ4v) is 6.71. The highest BCUT2D eigenvalue weighted by molar-refractivity contribution is 7.48. The Hall–Kier alpha value is -6.23. The van der Waals surface area contributed by atoms with Gasteiger partial charge in [-0.05, 0) is 54.8 Å². The fraction of sp³-hybridized carbons (Fsp3) is 0.333. The molecule has 1 N–H and O–H groups in total. The van der Waals surface area contributed by atoms with Gasteiger partial charge in [0, 0.05) is 19.4 Å². The molecule has 0 aliphatic heterocycles. The topological polar surface area (TPSA) is 227 Å². The zero-order valence-corrected chi connectivity index (χ0v) is 34.6. The lowest BCUT2D eigenvalue weighted by Crippen LogP contribution is -2.52. The van der Waals surface area contributed by atoms with Crippen molar-refractivity contribution in [2.24, 2.45) is 0 Å². The van der Waals surface area contributed by atoms with Crippen molar-refractivity contribution in [3.63, 3.8) is 0 Å². The largest absolute Gasteiger partial charge is 0.474 e. The van der Waals surface area contributed by atoms with Crippen molar-refractivity contribution in [3.8, 4) is 12.1 Å². The molecule has 16 nitrogen and oxygen atoms in total. The van der Waals surface area contributed by atoms with E-state index in [1.165, 1.54) is 36.4 Å². The summed E-state index contributed by atoms with van der Waals surface area (Å²) in [6.07, 6.45) is -7.63. The molecule has 0 amide bonds. The van der Waals surface area contributed by atoms with Gasteiger partial charge >= 0.3 is 31.7 Å². The number of phosphoric acid groups is 1. The maximum Gasteiger partial charge on any atom is 0.474 e. The van der Waals surface area contributed by atoms with Crippen LogP contribution in [0.3, 0.4) is 0 Å². The number of ether oxygens (including phenoxy) is 5. The third-order valence-electron chi connectivity index (χ3n) is 8.63. The first-order valence-corrected chi connectivity index (χ1v) is 21.1. The molecular weight excluding hydrogens is 823 g/mol. The minimum Gasteiger partial charge on any atom is -0.461 e. The molecule has 4 rings (SSSR count). The smallest absolute Gasteiger partial charge is 0.461 e. The second-order valence-corrected chi connectivity index (χ2v) is 14.9. The van der Waals surface area contributed by atoms with Gasteiger partial charge in [0.25, 0.3) is 0 Å². The summed E-state index contributed by atoms with van der Waals surface area (Å²) in [4.78, 5) is 53.5. The lowest BCUT2D eigenvalue weighted by Gasteiger charge is -2.34. The Balaban J connectivity index is 1.64. The summed E-state index contributed by atoms with van der Waals surface area (Å²) < 4.78 is 58.4. The van der Waals surface area contributed by atoms with Crippen LogP contribution in [-0.4, -0.2) is 80.0 Å². The lowest BCUT2D eigenvalue weighted by molar-refractivity contribution is -0.204. The van der Waals surface area contributed by atoms with Gasteiger partial charge in [-0.25, -0.2) is 18.9 Å². The summed E-state index contributed by atoms with van der Waals surface area (Å²) in [6.45, 7) is -1.35. The van der Waals surface area contributed by atoms with E-state index < -0.39 is 69.3 Å². The number of nitrogens with zero attached hydrogens (tertiary/aromatic N) is 2. The Morgan fingerprint density at radius 3 is 1.53 bits per heavy atom. The lowest BCUT2D eigenvalue weighted by atomic mass is 10.0. The predicted molar refractivity (Wildman–Crippen MR) is 220 cm³/mol. The summed E-state index contributed by atoms with van der Waals surface area (Å²) in [6, 6.07) is 36.0. The van der Waals surface area contributed by atoms with E-state index in [0.717, 1.165) is 5.56 Å². The van der Waals surface area contributed by atoms with Gasteiger partial charge in [0.05, 0.1) is 61.5 Å². The number of aliphatic hydroxyl groups is 1. The molecule has 326 valence electrons. The number of carbonyl (C=O) groups is 4. The second kappa shape index (κ2) is 26.9. The summed E-state index contributed by atoms with van der Waals surface area (Å²) in [7, 11) is -4.43. The third kappa shape index (κ3) is 17.0. The molecule has 4 atom stereocenters. The number of esters is 4. The van der Waals surface area contributed by atoms with E-state index in [9.17, 15) is 28.8 Å². The van der Waals surface area contributed by atoms with Crippen molar-refractivity contribution in [1.82, 2.24) is 0 Å². The first-order valence-electron chi connectivity index (χ1n) is 19.7. The average molecular weight is 871 g/mol. The van der Waals surface area contributed by atoms with Gasteiger partial charge in [-0.3, -0.25) is 18.4 Å². The van der Waals surface area contributed by atoms with E-state index in [2.05, 4.69) is 0 Å². The van der Waals surface area contributed by atoms with Crippen LogP contribution in [0.1, 0.15) is 75.2 Å². The quantitative estimate of drug-likeness (QED) is 0.0204. The van der Waals surface area contributed by atoms with Crippen LogP contribution in [0, 0.1) is 22.7 Å². The minimum atomic E-state index is -4.43. The summed E-state index contributed by atoms with van der Waals surface area (Å²) in [5.74, 6) is -3.30. The van der Waals surface area contributed by atoms with Gasteiger partial charge in [0.2, 0.25) is 0 Å². The molecule has 0 spiro atoms. The number of hydrogen-bond acceptors (Lipinski definition) is 16. The van der Waals surface area contributed by atoms with Crippen LogP contribution in [0.5, 0.6) is 0 Å². The summed E-state index contributed by atoms with van der Waals surface area (Å²) in [5, 5.41) is 29.7. The zero-order valence-electron chi connectivity index (χ0n) is 33.7. The monoisotopic (exact) mass is 870 g/mol. The normalized spacial score (nSPS) is 13.0. The van der Waals surface area contributed by atoms with Crippen LogP contribution >= 0.6 is 7.82 Å². The van der Waals surface area contributed by atoms with E-state index in [1.54, 1.807) is 54.6 Å². The third-order valence-corrected chi connectivity index (χ3v) is 10.1. The Morgan fingerprint density at radius 2 is 1.03 bits per heavy atom. The van der Waals surface area contributed by atoms with Crippen molar-refractivity contribution in [2.45, 2.75) is 69.7 Å². The predicted octanol–water partition coefficient (Wildman–Crippen LogP) is 7.29. The highest BCUT2D eigenvalue weighted by Gasteiger charge is 2.44. The van der Waals surface area contributed by atoms with Crippen molar-refractivity contribution in [2.75, 3.05) is 26.4 Å². The molecule has 4 aromatic carbocycles. The van der Waals surface area contributed by atoms with Gasteiger partial charge in [0.15, 0.2) is 18.5 Å². The standard InChI is InChI=1S/C45H47N2O14P/c46-27-15-30-56-62(53,57-31-16-28-47)58-32-26-38(59-42(49)35-19-7-2-8-20-35)40(60-43(50)36-21-9-3-10-22-36)41(61-44(51)37-23-11-4-12-24-37)45(52)54-29-14-13-25-39(48)55-33-34-17-5-1-6-18-34/h1-12,17-24,38,40-41,45,52H,13-16,25-26,29-33H2/t38-,40?,41-,45-/m1/s1. The number of aliphatic hydroxyl groups excluding tert-OH is 1. The Morgan fingerprint density at radius 1 is 0.581 bits per heavy atom. The fourth-order valence-electron chi connectivity index (χ4n) is 5.52. The first-order chi connectivity index (χ1) is 30.1. The average Bonchev–Trinajstić information content (AvgIpc) is 3.30. The molecule has 0 bridgehead atoms. The second-order valence-electron chi connectivity index (χ2n) is 13.2. The van der Waals surface area contributed by atoms with Crippen LogP contribution in [0.15, 0.2) is 121 Å². The van der Waals surface area contributed by atoms with Crippen LogP contribution in [0.2, 0.25) is 0 Å². The number of rotatable bonds is 27. The van der Waals surface area contributed by atoms with Gasteiger partial charge < -0.3 is 28.8 Å². The maximum absolute atomic E-state index is 13.8. The van der Waals surface area contributed by atoms with E-state index in [0.29, 0.717) is 6.42 Å². The van der Waals surface area contributed by atoms with Gasteiger partial charge in [-0.15, -0.1) is 0 Å². The van der Waals surface area contributed by atoms with Gasteiger partial charge in [0.1, 0.15) is 12.7 Å². The van der Waals surface area contributed by atoms with E-state index in [4.69, 9.17) is 47.8 Å². The molecule has 0 radical (unpaired) electrons. The number of carbonyl (C=O) groups excluding carboxylic acids is 4. The van der Waals surface area contributed by atoms with Crippen molar-refractivity contribution >= 4 is 31.7 Å². The van der Waals surface area contributed by atoms with Gasteiger partial charge in [-0.1, -0.05) is 84.9 Å². The molecule has 0 fully saturated rings. The molecule has 62 heavy (non-hydrogen) atoms. The molecule has 0 saturated heterocycles. The van der Waals surface area contributed by atoms with Crippen molar-refractivity contribution in [1.29, 1.82) is 10.5 Å². The number of hydrogen-bond donors (Lipinski definition) is 1. The molecule has 1 unspecified atom stereocenters. The Bertz CT molecular complexity index is 2090. The van der Waals surface area contributed by atoms with Crippen molar-refractivity contribution < 1.29 is 66.1 Å². The maximum atomic E-state index is 13.8. The highest BCUT2D eigenvalue weighted by Crippen LogP contribution is 2.50. The molecule has 0 saturated carbocycles. The van der Waals surface area contributed by atoms with E-state index >= 15 is 0 Å². The summed E-state index contributed by atoms with van der Waals surface area (Å²) in [5.41, 5.74) is 1.00. The van der Waals surface area contributed by atoms with E-state index in [1.807, 2.05) is 42.5 Å². The van der Waals surface area contributed by atoms with Gasteiger partial charge in [-0.2, -0.15) is 10.5 Å². The van der Waals surface area contributed by atoms with Crippen LogP contribution in [0.25, 0.3) is 0 Å². The minimum absolute atomic E-state index is 0.0395. The highest BCUT2D eigenvalue weighted by atomic mass is 31.2. The first kappa shape index (κ1) is 48.4. The Labute approximate surface area is 359 Å². The number of unbranched alkanes of at least 4 members (excludes halogenated alkanes) is 1. The molecule has 17 heteroatoms. The number of benzene rings is 4. The number of phosphoric ester groups is 1. The molecule has 0 aliphatic rings. The van der Waals surface area contributed by atoms with Crippen LogP contribution in [-0.2, 0) is 53.2 Å². The van der Waals surface area contributed by atoms with Crippen LogP contribution < -0.4 is 0 Å². The molecular formula is C45H47N2O14P. The SMILES string of the molecule is N#CCCOP(=O)(OCCC#N)OCC[C@@H](OC(=O)c1ccccc1)C(OC(=O)c1ccccc1)[C@@H](OC(=O)c1ccccc1)[C@H](O)OCCCCC(=O)OCc1ccccc1. The number of nitriles is 2. The molecule has 0 heterocycles.